The highest BCUT2D eigenvalue weighted by Gasteiger charge is 2.46. The highest BCUT2D eigenvalue weighted by atomic mass is 35.5. The van der Waals surface area contributed by atoms with Gasteiger partial charge in [-0.1, -0.05) is 84.0 Å². The average Bonchev–Trinajstić information content (AvgIpc) is 3.30. The highest BCUT2D eigenvalue weighted by Crippen LogP contribution is 2.32. The minimum Gasteiger partial charge on any atom is -0.456 e. The topological polar surface area (TPSA) is 117 Å². The van der Waals surface area contributed by atoms with E-state index in [9.17, 15) is 24.2 Å². The molecule has 2 aliphatic heterocycles. The molecule has 0 radical (unpaired) electrons. The van der Waals surface area contributed by atoms with Crippen LogP contribution in [0.15, 0.2) is 0 Å². The number of carbonyl (C=O) groups excluding carboxylic acids is 2. The average molecular weight is 695 g/mol. The summed E-state index contributed by atoms with van der Waals surface area (Å²) in [5.41, 5.74) is -0.641. The Labute approximate surface area is 287 Å². The molecule has 0 saturated carbocycles. The third kappa shape index (κ3) is 16.6. The van der Waals surface area contributed by atoms with Gasteiger partial charge in [0.2, 0.25) is 5.91 Å². The number of hydrogen-bond donors (Lipinski definition) is 4. The maximum Gasteiger partial charge on any atom is 0.306 e. The number of rotatable bonds is 24. The second kappa shape index (κ2) is 25.3. The van der Waals surface area contributed by atoms with Crippen molar-refractivity contribution in [3.8, 4) is 0 Å². The Bertz CT molecular complexity index is 815. The van der Waals surface area contributed by atoms with E-state index < -0.39 is 35.2 Å². The summed E-state index contributed by atoms with van der Waals surface area (Å²) < 4.78 is 24.2. The smallest absolute Gasteiger partial charge is 0.306 e. The van der Waals surface area contributed by atoms with Crippen LogP contribution in [0.5, 0.6) is 0 Å². The van der Waals surface area contributed by atoms with Crippen molar-refractivity contribution in [1.82, 2.24) is 10.6 Å². The molecule has 2 saturated heterocycles. The fraction of sp³-hybridized carbons (Fsp3) is 0.943. The van der Waals surface area contributed by atoms with Gasteiger partial charge in [-0.2, -0.15) is 0 Å². The van der Waals surface area contributed by atoms with Gasteiger partial charge >= 0.3 is 5.97 Å². The summed E-state index contributed by atoms with van der Waals surface area (Å²) in [6.07, 6.45) is 17.8. The number of aliphatic hydroxyl groups excluding tert-OH is 2. The maximum atomic E-state index is 12.8. The standard InChI is InChI=1S/C35H64ClFN2O6S/c1-3-4-5-6-7-8-9-10-11-12-13-14-15-18-30(40)45-33-32(42)31(41)29(44-35(33)46-2)24-27(36)25-39-34(43)28-20-19-26(17-16-22-37)21-23-38-28/h26-29,31-33,35,38,41-42H,3-25H2,1-2H3,(H,39,43). The van der Waals surface area contributed by atoms with E-state index in [1.165, 1.54) is 76.0 Å². The molecule has 8 nitrogen and oxygen atoms in total. The van der Waals surface area contributed by atoms with Crippen molar-refractivity contribution in [2.75, 3.05) is 26.0 Å². The fourth-order valence-electron chi connectivity index (χ4n) is 6.57. The number of amides is 1. The first-order chi connectivity index (χ1) is 22.3. The molecule has 2 fully saturated rings. The van der Waals surface area contributed by atoms with Crippen LogP contribution in [0.1, 0.15) is 135 Å². The summed E-state index contributed by atoms with van der Waals surface area (Å²) in [6.45, 7) is 2.86. The van der Waals surface area contributed by atoms with Crippen molar-refractivity contribution >= 4 is 35.2 Å². The molecule has 4 N–H and O–H groups in total. The van der Waals surface area contributed by atoms with E-state index in [0.29, 0.717) is 18.8 Å². The van der Waals surface area contributed by atoms with Gasteiger partial charge in [-0.25, -0.2) is 0 Å². The molecule has 2 heterocycles. The summed E-state index contributed by atoms with van der Waals surface area (Å²) in [5, 5.41) is 27.4. The molecule has 11 heteroatoms. The van der Waals surface area contributed by atoms with Gasteiger partial charge in [0, 0.05) is 13.0 Å². The third-order valence-electron chi connectivity index (χ3n) is 9.48. The van der Waals surface area contributed by atoms with Crippen LogP contribution in [0.3, 0.4) is 0 Å². The van der Waals surface area contributed by atoms with Crippen LogP contribution in [0.4, 0.5) is 4.39 Å². The van der Waals surface area contributed by atoms with Crippen LogP contribution in [0.2, 0.25) is 0 Å². The lowest BCUT2D eigenvalue weighted by Gasteiger charge is -2.42. The maximum absolute atomic E-state index is 12.8. The molecule has 0 spiro atoms. The van der Waals surface area contributed by atoms with E-state index in [2.05, 4.69) is 17.6 Å². The van der Waals surface area contributed by atoms with Crippen LogP contribution >= 0.6 is 23.4 Å². The first kappa shape index (κ1) is 41.5. The van der Waals surface area contributed by atoms with Crippen molar-refractivity contribution in [3.05, 3.63) is 0 Å². The molecule has 270 valence electrons. The van der Waals surface area contributed by atoms with Gasteiger partial charge in [0.05, 0.1) is 24.2 Å². The number of alkyl halides is 2. The van der Waals surface area contributed by atoms with E-state index in [4.69, 9.17) is 21.1 Å². The number of ether oxygens (including phenoxy) is 2. The summed E-state index contributed by atoms with van der Waals surface area (Å²) >= 11 is 7.86. The Morgan fingerprint density at radius 3 is 2.20 bits per heavy atom. The molecule has 2 aliphatic rings. The molecule has 46 heavy (non-hydrogen) atoms. The van der Waals surface area contributed by atoms with E-state index in [-0.39, 0.29) is 44.0 Å². The zero-order chi connectivity index (χ0) is 33.6. The molecule has 0 aromatic heterocycles. The van der Waals surface area contributed by atoms with Gasteiger partial charge in [-0.3, -0.25) is 14.0 Å². The Hall–Kier alpha value is -0.650. The molecule has 8 unspecified atom stereocenters. The largest absolute Gasteiger partial charge is 0.456 e. The zero-order valence-electron chi connectivity index (χ0n) is 28.6. The molecule has 0 bridgehead atoms. The van der Waals surface area contributed by atoms with Crippen LogP contribution < -0.4 is 10.6 Å². The lowest BCUT2D eigenvalue weighted by Crippen LogP contribution is -2.58. The molecule has 0 aromatic carbocycles. The minimum atomic E-state index is -1.30. The van der Waals surface area contributed by atoms with E-state index in [0.717, 1.165) is 45.1 Å². The number of nitrogens with one attached hydrogen (secondary N) is 2. The number of thioether (sulfide) groups is 1. The number of hydrogen-bond acceptors (Lipinski definition) is 8. The van der Waals surface area contributed by atoms with E-state index in [1.807, 2.05) is 0 Å². The molecule has 2 rings (SSSR count). The minimum absolute atomic E-state index is 0.126. The van der Waals surface area contributed by atoms with Crippen molar-refractivity contribution in [1.29, 1.82) is 0 Å². The van der Waals surface area contributed by atoms with Gasteiger partial charge in [-0.05, 0) is 63.7 Å². The highest BCUT2D eigenvalue weighted by molar-refractivity contribution is 7.99. The molecular formula is C35H64ClFN2O6S. The zero-order valence-corrected chi connectivity index (χ0v) is 30.1. The predicted octanol–water partition coefficient (Wildman–Crippen LogP) is 6.81. The summed E-state index contributed by atoms with van der Waals surface area (Å²) in [4.78, 5) is 25.4. The van der Waals surface area contributed by atoms with Gasteiger partial charge in [0.1, 0.15) is 17.6 Å². The number of aliphatic hydroxyl groups is 2. The van der Waals surface area contributed by atoms with E-state index in [1.54, 1.807) is 6.26 Å². The summed E-state index contributed by atoms with van der Waals surface area (Å²) in [7, 11) is 0. The second-order valence-corrected chi connectivity index (χ2v) is 14.9. The van der Waals surface area contributed by atoms with Crippen LogP contribution in [0, 0.1) is 5.92 Å². The number of halogens is 2. The number of unbranched alkanes of at least 4 members (excludes halogenated alkanes) is 12. The van der Waals surface area contributed by atoms with Crippen LogP contribution in [-0.4, -0.2) is 89.4 Å². The van der Waals surface area contributed by atoms with Crippen LogP contribution in [-0.2, 0) is 19.1 Å². The lowest BCUT2D eigenvalue weighted by molar-refractivity contribution is -0.214. The number of carbonyl (C=O) groups is 2. The molecule has 0 aliphatic carbocycles. The SMILES string of the molecule is CCCCCCCCCCCCCCCC(=O)OC1C(SC)OC(CC(Cl)CNC(=O)C2CCC(CCCF)CCN2)C(O)C1O. The predicted molar refractivity (Wildman–Crippen MR) is 186 cm³/mol. The summed E-state index contributed by atoms with van der Waals surface area (Å²) in [6, 6.07) is -0.311. The van der Waals surface area contributed by atoms with Crippen molar-refractivity contribution in [3.63, 3.8) is 0 Å². The first-order valence-electron chi connectivity index (χ1n) is 18.3. The third-order valence-corrected chi connectivity index (χ3v) is 10.7. The van der Waals surface area contributed by atoms with Gasteiger partial charge < -0.3 is 30.3 Å². The monoisotopic (exact) mass is 694 g/mol. The van der Waals surface area contributed by atoms with Crippen molar-refractivity contribution < 1.29 is 33.7 Å². The Kier molecular flexibility index (Phi) is 22.9. The van der Waals surface area contributed by atoms with Gasteiger partial charge in [0.15, 0.2) is 6.10 Å². The molecule has 8 atom stereocenters. The normalized spacial score (nSPS) is 27.6. The van der Waals surface area contributed by atoms with Gasteiger partial charge in [0.25, 0.3) is 0 Å². The van der Waals surface area contributed by atoms with E-state index >= 15 is 0 Å². The second-order valence-electron chi connectivity index (χ2n) is 13.4. The molecule has 0 aromatic rings. The van der Waals surface area contributed by atoms with Crippen molar-refractivity contribution in [2.24, 2.45) is 5.92 Å². The van der Waals surface area contributed by atoms with Gasteiger partial charge in [-0.15, -0.1) is 23.4 Å². The molecular weight excluding hydrogens is 631 g/mol. The quantitative estimate of drug-likeness (QED) is 0.0495. The Balaban J connectivity index is 1.63. The Morgan fingerprint density at radius 2 is 1.59 bits per heavy atom. The lowest BCUT2D eigenvalue weighted by atomic mass is 9.94. The Morgan fingerprint density at radius 1 is 0.957 bits per heavy atom. The fourth-order valence-corrected chi connectivity index (χ4v) is 7.56. The molecule has 1 amide bonds. The van der Waals surface area contributed by atoms with Crippen molar-refractivity contribution in [2.45, 2.75) is 177 Å². The first-order valence-corrected chi connectivity index (χ1v) is 20.0. The number of esters is 1. The van der Waals surface area contributed by atoms with Crippen LogP contribution in [0.25, 0.3) is 0 Å². The summed E-state index contributed by atoms with van der Waals surface area (Å²) in [5.74, 6) is -0.0801.